The Hall–Kier alpha value is -1.00. The van der Waals surface area contributed by atoms with Gasteiger partial charge in [0.25, 0.3) is 0 Å². The number of nitrogens with one attached hydrogen (secondary N) is 1. The minimum atomic E-state index is 0.679. The predicted molar refractivity (Wildman–Crippen MR) is 92.9 cm³/mol. The molecule has 21 heavy (non-hydrogen) atoms. The summed E-state index contributed by atoms with van der Waals surface area (Å²) >= 11 is 14.0. The van der Waals surface area contributed by atoms with Gasteiger partial charge in [0.2, 0.25) is 0 Å². The van der Waals surface area contributed by atoms with Gasteiger partial charge in [0, 0.05) is 29.7 Å². The largest absolute Gasteiger partial charge is 0.346 e. The van der Waals surface area contributed by atoms with Gasteiger partial charge in [-0.3, -0.25) is 0 Å². The third-order valence-electron chi connectivity index (χ3n) is 3.50. The molecule has 0 unspecified atom stereocenters. The van der Waals surface area contributed by atoms with Gasteiger partial charge in [-0.2, -0.15) is 11.3 Å². The number of nitrogens with zero attached hydrogens (tertiary/aromatic N) is 1. The van der Waals surface area contributed by atoms with Crippen LogP contribution in [0.2, 0.25) is 10.0 Å². The summed E-state index contributed by atoms with van der Waals surface area (Å²) in [6.07, 6.45) is 3.14. The molecule has 0 aliphatic rings. The lowest BCUT2D eigenvalue weighted by atomic mass is 10.2. The fourth-order valence-electron chi connectivity index (χ4n) is 2.41. The van der Waals surface area contributed by atoms with E-state index in [4.69, 9.17) is 23.2 Å². The van der Waals surface area contributed by atoms with Gasteiger partial charge in [-0.25, -0.2) is 0 Å². The monoisotopic (exact) mass is 338 g/mol. The van der Waals surface area contributed by atoms with Crippen LogP contribution in [0, 0.1) is 0 Å². The van der Waals surface area contributed by atoms with Crippen LogP contribution >= 0.6 is 34.5 Å². The van der Waals surface area contributed by atoms with Crippen LogP contribution in [0.3, 0.4) is 0 Å². The SMILES string of the molecule is Clc1cc(Cl)c2ccn(CCNCCc3ccsc3)c2c1. The number of hydrogen-bond acceptors (Lipinski definition) is 2. The first-order chi connectivity index (χ1) is 10.2. The minimum absolute atomic E-state index is 0.679. The first-order valence-electron chi connectivity index (χ1n) is 6.90. The van der Waals surface area contributed by atoms with Crippen LogP contribution in [0.15, 0.2) is 41.2 Å². The van der Waals surface area contributed by atoms with Gasteiger partial charge in [0.15, 0.2) is 0 Å². The van der Waals surface area contributed by atoms with Gasteiger partial charge >= 0.3 is 0 Å². The maximum absolute atomic E-state index is 6.20. The van der Waals surface area contributed by atoms with Crippen LogP contribution in [0.1, 0.15) is 5.56 Å². The Bertz CT molecular complexity index is 719. The third kappa shape index (κ3) is 3.61. The molecule has 0 bridgehead atoms. The van der Waals surface area contributed by atoms with E-state index in [1.807, 2.05) is 12.1 Å². The summed E-state index contributed by atoms with van der Waals surface area (Å²) in [5.41, 5.74) is 2.49. The van der Waals surface area contributed by atoms with Crippen LogP contribution in [0.5, 0.6) is 0 Å². The van der Waals surface area contributed by atoms with Crippen LogP contribution in [-0.4, -0.2) is 17.7 Å². The molecule has 3 rings (SSSR count). The van der Waals surface area contributed by atoms with Crippen LogP contribution in [0.25, 0.3) is 10.9 Å². The Labute approximate surface area is 138 Å². The fraction of sp³-hybridized carbons (Fsp3) is 0.250. The standard InChI is InChI=1S/C16H16Cl2N2S/c17-13-9-15(18)14-2-6-20(16(14)10-13)7-5-19-4-1-12-3-8-21-11-12/h2-3,6,8-11,19H,1,4-5,7H2. The van der Waals surface area contributed by atoms with E-state index < -0.39 is 0 Å². The summed E-state index contributed by atoms with van der Waals surface area (Å²) in [4.78, 5) is 0. The average molecular weight is 339 g/mol. The number of thiophene rings is 1. The first kappa shape index (κ1) is 14.9. The van der Waals surface area contributed by atoms with E-state index in [2.05, 4.69) is 32.9 Å². The molecule has 0 atom stereocenters. The summed E-state index contributed by atoms with van der Waals surface area (Å²) in [6, 6.07) is 7.97. The van der Waals surface area contributed by atoms with E-state index in [1.54, 1.807) is 17.4 Å². The summed E-state index contributed by atoms with van der Waals surface area (Å²) in [6.45, 7) is 2.83. The molecule has 2 nitrogen and oxygen atoms in total. The molecule has 2 aromatic heterocycles. The van der Waals surface area contributed by atoms with Gasteiger partial charge in [0.05, 0.1) is 10.5 Å². The van der Waals surface area contributed by atoms with Crippen molar-refractivity contribution in [3.05, 3.63) is 56.8 Å². The second-order valence-corrected chi connectivity index (χ2v) is 6.58. The van der Waals surface area contributed by atoms with Crippen molar-refractivity contribution < 1.29 is 0 Å². The van der Waals surface area contributed by atoms with Gasteiger partial charge in [0.1, 0.15) is 0 Å². The zero-order valence-corrected chi connectivity index (χ0v) is 13.8. The Kier molecular flexibility index (Phi) is 4.86. The summed E-state index contributed by atoms with van der Waals surface area (Å²) in [5, 5.41) is 10.2. The van der Waals surface area contributed by atoms with Crippen molar-refractivity contribution in [3.63, 3.8) is 0 Å². The fourth-order valence-corrected chi connectivity index (χ4v) is 3.65. The minimum Gasteiger partial charge on any atom is -0.346 e. The number of hydrogen-bond donors (Lipinski definition) is 1. The van der Waals surface area contributed by atoms with E-state index >= 15 is 0 Å². The molecule has 1 N–H and O–H groups in total. The third-order valence-corrected chi connectivity index (χ3v) is 4.77. The van der Waals surface area contributed by atoms with Crippen LogP contribution in [-0.2, 0) is 13.0 Å². The molecule has 0 radical (unpaired) electrons. The first-order valence-corrected chi connectivity index (χ1v) is 8.59. The smallest absolute Gasteiger partial charge is 0.0514 e. The molecule has 0 aliphatic carbocycles. The lowest BCUT2D eigenvalue weighted by Crippen LogP contribution is -2.22. The number of rotatable bonds is 6. The molecule has 5 heteroatoms. The second-order valence-electron chi connectivity index (χ2n) is 4.96. The quantitative estimate of drug-likeness (QED) is 0.636. The lowest BCUT2D eigenvalue weighted by Gasteiger charge is -2.08. The van der Waals surface area contributed by atoms with Crippen LogP contribution in [0.4, 0.5) is 0 Å². The zero-order chi connectivity index (χ0) is 14.7. The van der Waals surface area contributed by atoms with Crippen LogP contribution < -0.4 is 5.32 Å². The average Bonchev–Trinajstić information content (AvgIpc) is 3.08. The van der Waals surface area contributed by atoms with E-state index in [0.29, 0.717) is 10.0 Å². The van der Waals surface area contributed by atoms with Crippen molar-refractivity contribution in [1.82, 2.24) is 9.88 Å². The molecule has 0 aliphatic heterocycles. The number of benzene rings is 1. The highest BCUT2D eigenvalue weighted by molar-refractivity contribution is 7.07. The highest BCUT2D eigenvalue weighted by atomic mass is 35.5. The molecule has 0 saturated heterocycles. The molecule has 2 heterocycles. The van der Waals surface area contributed by atoms with Gasteiger partial charge < -0.3 is 9.88 Å². The molecule has 3 aromatic rings. The second kappa shape index (κ2) is 6.84. The van der Waals surface area contributed by atoms with Crippen molar-refractivity contribution >= 4 is 45.4 Å². The Morgan fingerprint density at radius 1 is 1.14 bits per heavy atom. The van der Waals surface area contributed by atoms with Gasteiger partial charge in [-0.15, -0.1) is 0 Å². The Morgan fingerprint density at radius 3 is 2.86 bits per heavy atom. The number of halogens is 2. The summed E-state index contributed by atoms with van der Waals surface area (Å²) < 4.78 is 2.19. The maximum atomic E-state index is 6.20. The molecule has 1 aromatic carbocycles. The molecular weight excluding hydrogens is 323 g/mol. The normalized spacial score (nSPS) is 11.3. The molecule has 0 saturated carbocycles. The van der Waals surface area contributed by atoms with Crippen molar-refractivity contribution in [3.8, 4) is 0 Å². The van der Waals surface area contributed by atoms with Crippen molar-refractivity contribution in [2.75, 3.05) is 13.1 Å². The molecule has 0 spiro atoms. The number of fused-ring (bicyclic) bond motifs is 1. The Morgan fingerprint density at radius 2 is 2.05 bits per heavy atom. The lowest BCUT2D eigenvalue weighted by molar-refractivity contribution is 0.610. The van der Waals surface area contributed by atoms with Gasteiger partial charge in [-0.1, -0.05) is 23.2 Å². The topological polar surface area (TPSA) is 17.0 Å². The van der Waals surface area contributed by atoms with Crippen molar-refractivity contribution in [2.24, 2.45) is 0 Å². The molecule has 0 amide bonds. The molecule has 110 valence electrons. The van der Waals surface area contributed by atoms with E-state index in [-0.39, 0.29) is 0 Å². The van der Waals surface area contributed by atoms with E-state index in [1.165, 1.54) is 5.56 Å². The summed E-state index contributed by atoms with van der Waals surface area (Å²) in [5.74, 6) is 0. The molecule has 0 fully saturated rings. The van der Waals surface area contributed by atoms with E-state index in [0.717, 1.165) is 37.0 Å². The van der Waals surface area contributed by atoms with Crippen molar-refractivity contribution in [2.45, 2.75) is 13.0 Å². The van der Waals surface area contributed by atoms with E-state index in [9.17, 15) is 0 Å². The highest BCUT2D eigenvalue weighted by Gasteiger charge is 2.06. The van der Waals surface area contributed by atoms with Gasteiger partial charge in [-0.05, 0) is 53.6 Å². The highest BCUT2D eigenvalue weighted by Crippen LogP contribution is 2.28. The Balaban J connectivity index is 1.56. The predicted octanol–water partition coefficient (Wildman–Crippen LogP) is 4.84. The maximum Gasteiger partial charge on any atom is 0.0514 e. The van der Waals surface area contributed by atoms with Crippen molar-refractivity contribution in [1.29, 1.82) is 0 Å². The number of aromatic nitrogens is 1. The summed E-state index contributed by atoms with van der Waals surface area (Å²) in [7, 11) is 0. The molecular formula is C16H16Cl2N2S. The zero-order valence-electron chi connectivity index (χ0n) is 11.5.